The van der Waals surface area contributed by atoms with Gasteiger partial charge in [0.1, 0.15) is 30.2 Å². The summed E-state index contributed by atoms with van der Waals surface area (Å²) in [4.78, 5) is 49.5. The summed E-state index contributed by atoms with van der Waals surface area (Å²) in [6, 6.07) is -3.27. The zero-order valence-electron chi connectivity index (χ0n) is 23.4. The molecule has 1 heterocycles. The number of rotatable bonds is 10. The average Bonchev–Trinajstić information content (AvgIpc) is 3.38. The first-order valence-corrected chi connectivity index (χ1v) is 12.2. The Hall–Kier alpha value is -3.58. The molecule has 0 radical (unpaired) electrons. The van der Waals surface area contributed by atoms with Gasteiger partial charge in [0.25, 0.3) is 0 Å². The van der Waals surface area contributed by atoms with Crippen LogP contribution in [0.25, 0.3) is 0 Å². The molecule has 5 atom stereocenters. The third kappa shape index (κ3) is 32.4. The van der Waals surface area contributed by atoms with Gasteiger partial charge in [0.05, 0.1) is 0 Å². The Kier molecular flexibility index (Phi) is 27.9. The Morgan fingerprint density at radius 2 is 1.27 bits per heavy atom. The van der Waals surface area contributed by atoms with Gasteiger partial charge >= 0.3 is 29.8 Å². The normalized spacial score (nSPS) is 16.2. The molecule has 0 aliphatic carbocycles. The van der Waals surface area contributed by atoms with Crippen molar-refractivity contribution in [2.45, 2.75) is 83.6 Å². The fourth-order valence-corrected chi connectivity index (χ4v) is 1.85. The van der Waals surface area contributed by atoms with Gasteiger partial charge in [0, 0.05) is 6.54 Å². The van der Waals surface area contributed by atoms with E-state index in [0.717, 1.165) is 19.4 Å². The van der Waals surface area contributed by atoms with Crippen LogP contribution in [0.3, 0.4) is 0 Å². The van der Waals surface area contributed by atoms with Gasteiger partial charge in [-0.25, -0.2) is 0 Å². The summed E-state index contributed by atoms with van der Waals surface area (Å²) in [5.74, 6) is -4.67. The molecule has 0 saturated carbocycles. The number of nitrogens with one attached hydrogen (secondary N) is 3. The molecule has 18 heteroatoms. The minimum atomic E-state index is -1.00. The molecule has 0 unspecified atom stereocenters. The lowest BCUT2D eigenvalue weighted by Gasteiger charge is -2.07. The number of nitrogens with two attached hydrogens (primary N) is 5. The summed E-state index contributed by atoms with van der Waals surface area (Å²) >= 11 is 0. The van der Waals surface area contributed by atoms with Gasteiger partial charge < -0.3 is 64.8 Å². The standard InChI is InChI=1S/C6H14N4O2.C5H9NO2.C5H11NO2.2C3H7NO2/c7-4(5(11)12)2-1-3-10-6(8)9;7-5(8)4-2-1-3-6-4;1-3(2)4(6)5(7)8;2*1-2(4)3(5)6/h4H,1-3,7H2,(H,11,12)(H4,8,9,10);4,6H,1-3H2,(H,7,8);3-4H,6H2,1-2H3,(H,7,8);2*2H,4H2,1H3,(H,5,6)/t3*4-;2*2-/m00000/s1. The lowest BCUT2D eigenvalue weighted by atomic mass is 10.1. The van der Waals surface area contributed by atoms with Gasteiger partial charge in [-0.3, -0.25) is 29.4 Å². The number of hydrogen-bond acceptors (Lipinski definition) is 11. The molecule has 18 N–H and O–H groups in total. The van der Waals surface area contributed by atoms with Crippen molar-refractivity contribution in [1.29, 1.82) is 5.41 Å². The van der Waals surface area contributed by atoms with Crippen molar-refractivity contribution in [3.8, 4) is 0 Å². The van der Waals surface area contributed by atoms with Crippen molar-refractivity contribution in [1.82, 2.24) is 10.6 Å². The van der Waals surface area contributed by atoms with Gasteiger partial charge in [-0.2, -0.15) is 0 Å². The monoisotopic (exact) mass is 584 g/mol. The highest BCUT2D eigenvalue weighted by atomic mass is 16.4. The van der Waals surface area contributed by atoms with Crippen molar-refractivity contribution in [2.75, 3.05) is 13.1 Å². The SMILES string of the molecule is CC(C)[C@H](N)C(=O)O.C[C@H](N)C(=O)O.C[C@H](N)C(=O)O.N=C(N)NCCC[C@H](N)C(=O)O.O=C(O)[C@@H]1CCCN1. The summed E-state index contributed by atoms with van der Waals surface area (Å²) in [5, 5.41) is 52.9. The van der Waals surface area contributed by atoms with Gasteiger partial charge in [0.15, 0.2) is 5.96 Å². The Labute approximate surface area is 233 Å². The lowest BCUT2D eigenvalue weighted by molar-refractivity contribution is -0.140. The number of carboxylic acids is 5. The highest BCUT2D eigenvalue weighted by Crippen LogP contribution is 2.03. The quantitative estimate of drug-likeness (QED) is 0.0709. The van der Waals surface area contributed by atoms with E-state index in [9.17, 15) is 24.0 Å². The number of aliphatic carboxylic acids is 5. The zero-order chi connectivity index (χ0) is 32.6. The zero-order valence-corrected chi connectivity index (χ0v) is 23.4. The van der Waals surface area contributed by atoms with E-state index in [2.05, 4.69) is 10.6 Å². The number of hydrogen-bond donors (Lipinski definition) is 13. The second-order valence-corrected chi connectivity index (χ2v) is 8.78. The largest absolute Gasteiger partial charge is 0.480 e. The average molecular weight is 585 g/mol. The first-order chi connectivity index (χ1) is 18.2. The predicted octanol–water partition coefficient (Wildman–Crippen LogP) is -2.62. The first-order valence-electron chi connectivity index (χ1n) is 12.2. The second kappa shape index (κ2) is 25.7. The molecule has 0 aromatic rings. The maximum atomic E-state index is 10.2. The van der Waals surface area contributed by atoms with E-state index in [1.807, 2.05) is 0 Å². The third-order valence-electron chi connectivity index (χ3n) is 4.47. The highest BCUT2D eigenvalue weighted by Gasteiger charge is 2.20. The molecule has 40 heavy (non-hydrogen) atoms. The van der Waals surface area contributed by atoms with Crippen LogP contribution in [0.1, 0.15) is 53.4 Å². The molecule has 1 saturated heterocycles. The van der Waals surface area contributed by atoms with Crippen LogP contribution in [0.2, 0.25) is 0 Å². The molecular weight excluding hydrogens is 536 g/mol. The lowest BCUT2D eigenvalue weighted by Crippen LogP contribution is -2.34. The van der Waals surface area contributed by atoms with Crippen molar-refractivity contribution in [2.24, 2.45) is 34.6 Å². The fraction of sp³-hybridized carbons (Fsp3) is 0.727. The van der Waals surface area contributed by atoms with E-state index in [0.29, 0.717) is 19.4 Å². The number of carbonyl (C=O) groups is 5. The molecular formula is C22H48N8O10. The molecule has 0 bridgehead atoms. The Morgan fingerprint density at radius 1 is 0.850 bits per heavy atom. The van der Waals surface area contributed by atoms with Crippen molar-refractivity contribution >= 4 is 35.8 Å². The second-order valence-electron chi connectivity index (χ2n) is 8.78. The number of carboxylic acid groups (broad SMARTS) is 5. The van der Waals surface area contributed by atoms with E-state index in [-0.39, 0.29) is 17.9 Å². The van der Waals surface area contributed by atoms with Crippen molar-refractivity contribution < 1.29 is 49.5 Å². The van der Waals surface area contributed by atoms with Gasteiger partial charge in [-0.15, -0.1) is 0 Å². The molecule has 18 nitrogen and oxygen atoms in total. The van der Waals surface area contributed by atoms with E-state index in [4.69, 9.17) is 59.6 Å². The van der Waals surface area contributed by atoms with Crippen molar-refractivity contribution in [3.05, 3.63) is 0 Å². The van der Waals surface area contributed by atoms with Crippen LogP contribution in [-0.4, -0.2) is 105 Å². The van der Waals surface area contributed by atoms with Crippen LogP contribution in [0.15, 0.2) is 0 Å². The topological polar surface area (TPSA) is 365 Å². The van der Waals surface area contributed by atoms with Crippen LogP contribution in [0, 0.1) is 11.3 Å². The Morgan fingerprint density at radius 3 is 1.45 bits per heavy atom. The van der Waals surface area contributed by atoms with Crippen LogP contribution < -0.4 is 39.3 Å². The molecule has 236 valence electrons. The number of guanidine groups is 1. The summed E-state index contributed by atoms with van der Waals surface area (Å²) in [6.45, 7) is 7.73. The molecule has 0 aromatic carbocycles. The highest BCUT2D eigenvalue weighted by molar-refractivity contribution is 5.75. The molecule has 1 rings (SSSR count). The van der Waals surface area contributed by atoms with Crippen molar-refractivity contribution in [3.63, 3.8) is 0 Å². The van der Waals surface area contributed by atoms with E-state index >= 15 is 0 Å². The maximum absolute atomic E-state index is 10.2. The van der Waals surface area contributed by atoms with E-state index < -0.39 is 54.0 Å². The molecule has 0 spiro atoms. The fourth-order valence-electron chi connectivity index (χ4n) is 1.85. The summed E-state index contributed by atoms with van der Waals surface area (Å²) in [6.07, 6.45) is 2.76. The summed E-state index contributed by atoms with van der Waals surface area (Å²) in [5.41, 5.74) is 25.0. The molecule has 1 aliphatic rings. The Balaban J connectivity index is -0.000000208. The van der Waals surface area contributed by atoms with Crippen LogP contribution in [0.4, 0.5) is 0 Å². The molecule has 0 amide bonds. The minimum Gasteiger partial charge on any atom is -0.480 e. The maximum Gasteiger partial charge on any atom is 0.320 e. The van der Waals surface area contributed by atoms with Gasteiger partial charge in [-0.1, -0.05) is 13.8 Å². The molecule has 0 aromatic heterocycles. The predicted molar refractivity (Wildman–Crippen MR) is 146 cm³/mol. The smallest absolute Gasteiger partial charge is 0.320 e. The van der Waals surface area contributed by atoms with Crippen LogP contribution >= 0.6 is 0 Å². The summed E-state index contributed by atoms with van der Waals surface area (Å²) in [7, 11) is 0. The third-order valence-corrected chi connectivity index (χ3v) is 4.47. The summed E-state index contributed by atoms with van der Waals surface area (Å²) < 4.78 is 0. The van der Waals surface area contributed by atoms with E-state index in [1.165, 1.54) is 13.8 Å². The Bertz CT molecular complexity index is 730. The minimum absolute atomic E-state index is 0.0208. The van der Waals surface area contributed by atoms with Crippen LogP contribution in [-0.2, 0) is 24.0 Å². The van der Waals surface area contributed by atoms with Gasteiger partial charge in [-0.05, 0) is 52.0 Å². The molecule has 1 fully saturated rings. The first kappa shape index (κ1) is 43.5. The molecule has 1 aliphatic heterocycles. The van der Waals surface area contributed by atoms with Crippen LogP contribution in [0.5, 0.6) is 0 Å². The van der Waals surface area contributed by atoms with E-state index in [1.54, 1.807) is 13.8 Å². The van der Waals surface area contributed by atoms with Gasteiger partial charge in [0.2, 0.25) is 0 Å².